The number of amides is 1. The van der Waals surface area contributed by atoms with E-state index in [-0.39, 0.29) is 5.91 Å². The van der Waals surface area contributed by atoms with Crippen LogP contribution in [-0.2, 0) is 11.4 Å². The van der Waals surface area contributed by atoms with E-state index in [0.29, 0.717) is 12.4 Å². The molecule has 32 heavy (non-hydrogen) atoms. The fourth-order valence-electron chi connectivity index (χ4n) is 3.23. The summed E-state index contributed by atoms with van der Waals surface area (Å²) in [4.78, 5) is 12.4. The Labute approximate surface area is 187 Å². The number of carbonyl (C=O) groups excluding carboxylic acids is 1. The Bertz CT molecular complexity index is 1220. The maximum atomic E-state index is 12.4. The van der Waals surface area contributed by atoms with Crippen LogP contribution in [0.1, 0.15) is 18.1 Å². The van der Waals surface area contributed by atoms with Gasteiger partial charge in [0.05, 0.1) is 6.21 Å². The van der Waals surface area contributed by atoms with Gasteiger partial charge in [-0.05, 0) is 41.6 Å². The van der Waals surface area contributed by atoms with Crippen molar-refractivity contribution in [2.24, 2.45) is 5.10 Å². The topological polar surface area (TPSA) is 59.9 Å². The maximum Gasteiger partial charge on any atom is 0.280 e. The summed E-state index contributed by atoms with van der Waals surface area (Å²) in [6.45, 7) is 2.19. The van der Waals surface area contributed by atoms with Gasteiger partial charge in [-0.2, -0.15) is 5.10 Å². The standard InChI is InChI=1S/C27H24N2O3/c1-20(32-26-16-8-13-23-12-5-6-15-25(23)26)27(30)29-28-18-22-11-7-14-24(17-22)31-19-21-9-3-2-4-10-21/h2-18,20H,19H2,1H3,(H,29,30)/b28-18-/t20-/m1/s1. The van der Waals surface area contributed by atoms with Crippen molar-refractivity contribution in [2.45, 2.75) is 19.6 Å². The molecule has 5 nitrogen and oxygen atoms in total. The van der Waals surface area contributed by atoms with Crippen LogP contribution in [0.4, 0.5) is 0 Å². The Morgan fingerprint density at radius 2 is 1.69 bits per heavy atom. The first-order valence-corrected chi connectivity index (χ1v) is 10.4. The van der Waals surface area contributed by atoms with E-state index in [4.69, 9.17) is 9.47 Å². The highest BCUT2D eigenvalue weighted by Crippen LogP contribution is 2.26. The van der Waals surface area contributed by atoms with Crippen molar-refractivity contribution in [3.8, 4) is 11.5 Å². The summed E-state index contributed by atoms with van der Waals surface area (Å²) >= 11 is 0. The lowest BCUT2D eigenvalue weighted by atomic mass is 10.1. The quantitative estimate of drug-likeness (QED) is 0.307. The molecule has 0 saturated carbocycles. The molecule has 0 spiro atoms. The highest BCUT2D eigenvalue weighted by molar-refractivity contribution is 5.89. The fraction of sp³-hybridized carbons (Fsp3) is 0.111. The molecular weight excluding hydrogens is 400 g/mol. The van der Waals surface area contributed by atoms with Crippen molar-refractivity contribution in [3.05, 3.63) is 108 Å². The third-order valence-electron chi connectivity index (χ3n) is 4.92. The fourth-order valence-corrected chi connectivity index (χ4v) is 3.23. The third kappa shape index (κ3) is 5.52. The van der Waals surface area contributed by atoms with Crippen LogP contribution in [0, 0.1) is 0 Å². The smallest absolute Gasteiger partial charge is 0.280 e. The molecule has 160 valence electrons. The maximum absolute atomic E-state index is 12.4. The van der Waals surface area contributed by atoms with Gasteiger partial charge >= 0.3 is 0 Å². The van der Waals surface area contributed by atoms with E-state index in [0.717, 1.165) is 27.6 Å². The lowest BCUT2D eigenvalue weighted by Gasteiger charge is -2.14. The summed E-state index contributed by atoms with van der Waals surface area (Å²) < 4.78 is 11.7. The largest absolute Gasteiger partial charge is 0.489 e. The Hall–Kier alpha value is -4.12. The molecule has 0 heterocycles. The third-order valence-corrected chi connectivity index (χ3v) is 4.92. The molecule has 0 bridgehead atoms. The average molecular weight is 425 g/mol. The Balaban J connectivity index is 1.32. The van der Waals surface area contributed by atoms with E-state index >= 15 is 0 Å². The normalized spacial score (nSPS) is 11.9. The second kappa shape index (κ2) is 10.3. The summed E-state index contributed by atoms with van der Waals surface area (Å²) in [5.74, 6) is 1.07. The second-order valence-electron chi connectivity index (χ2n) is 7.32. The van der Waals surface area contributed by atoms with Crippen LogP contribution in [-0.4, -0.2) is 18.2 Å². The van der Waals surface area contributed by atoms with Crippen molar-refractivity contribution in [3.63, 3.8) is 0 Å². The van der Waals surface area contributed by atoms with E-state index in [1.54, 1.807) is 13.1 Å². The molecule has 0 aliphatic carbocycles. The lowest BCUT2D eigenvalue weighted by molar-refractivity contribution is -0.127. The molecule has 0 fully saturated rings. The Kier molecular flexibility index (Phi) is 6.78. The number of hydrogen-bond acceptors (Lipinski definition) is 4. The highest BCUT2D eigenvalue weighted by Gasteiger charge is 2.15. The van der Waals surface area contributed by atoms with E-state index in [9.17, 15) is 4.79 Å². The predicted molar refractivity (Wildman–Crippen MR) is 127 cm³/mol. The molecule has 4 aromatic carbocycles. The second-order valence-corrected chi connectivity index (χ2v) is 7.32. The summed E-state index contributed by atoms with van der Waals surface area (Å²) in [7, 11) is 0. The summed E-state index contributed by atoms with van der Waals surface area (Å²) in [5, 5.41) is 6.09. The van der Waals surface area contributed by atoms with Crippen LogP contribution < -0.4 is 14.9 Å². The van der Waals surface area contributed by atoms with Gasteiger partial charge in [0.2, 0.25) is 0 Å². The SMILES string of the molecule is C[C@@H](Oc1cccc2ccccc12)C(=O)N/N=C\c1cccc(OCc2ccccc2)c1. The molecule has 0 saturated heterocycles. The lowest BCUT2D eigenvalue weighted by Crippen LogP contribution is -2.33. The number of ether oxygens (including phenoxy) is 2. The first-order chi connectivity index (χ1) is 15.7. The minimum absolute atomic E-state index is 0.328. The van der Waals surface area contributed by atoms with Gasteiger partial charge < -0.3 is 9.47 Å². The van der Waals surface area contributed by atoms with Crippen LogP contribution >= 0.6 is 0 Å². The van der Waals surface area contributed by atoms with Crippen LogP contribution in [0.25, 0.3) is 10.8 Å². The van der Waals surface area contributed by atoms with Crippen LogP contribution in [0.5, 0.6) is 11.5 Å². The zero-order chi connectivity index (χ0) is 22.2. The van der Waals surface area contributed by atoms with Crippen molar-refractivity contribution >= 4 is 22.9 Å². The predicted octanol–water partition coefficient (Wildman–Crippen LogP) is 5.34. The Morgan fingerprint density at radius 3 is 2.56 bits per heavy atom. The minimum atomic E-state index is -0.696. The van der Waals surface area contributed by atoms with Gasteiger partial charge in [0.15, 0.2) is 6.10 Å². The van der Waals surface area contributed by atoms with E-state index < -0.39 is 6.10 Å². The van der Waals surface area contributed by atoms with E-state index in [1.807, 2.05) is 97.1 Å². The number of nitrogens with zero attached hydrogens (tertiary/aromatic N) is 1. The zero-order valence-electron chi connectivity index (χ0n) is 17.8. The van der Waals surface area contributed by atoms with Crippen molar-refractivity contribution in [2.75, 3.05) is 0 Å². The van der Waals surface area contributed by atoms with Gasteiger partial charge in [-0.25, -0.2) is 5.43 Å². The van der Waals surface area contributed by atoms with Gasteiger partial charge in [0.1, 0.15) is 18.1 Å². The van der Waals surface area contributed by atoms with Gasteiger partial charge in [0, 0.05) is 5.39 Å². The molecule has 4 aromatic rings. The molecule has 1 atom stereocenters. The summed E-state index contributed by atoms with van der Waals surface area (Å²) in [6, 6.07) is 31.2. The number of rotatable bonds is 8. The van der Waals surface area contributed by atoms with Gasteiger partial charge in [-0.15, -0.1) is 0 Å². The number of benzene rings is 4. The van der Waals surface area contributed by atoms with E-state index in [1.165, 1.54) is 0 Å². The zero-order valence-corrected chi connectivity index (χ0v) is 17.8. The first-order valence-electron chi connectivity index (χ1n) is 10.4. The van der Waals surface area contributed by atoms with Crippen LogP contribution in [0.3, 0.4) is 0 Å². The van der Waals surface area contributed by atoms with Crippen molar-refractivity contribution < 1.29 is 14.3 Å². The molecule has 0 unspecified atom stereocenters. The molecule has 5 heteroatoms. The van der Waals surface area contributed by atoms with E-state index in [2.05, 4.69) is 10.5 Å². The first kappa shape index (κ1) is 21.1. The summed E-state index contributed by atoms with van der Waals surface area (Å²) in [5.41, 5.74) is 4.46. The molecular formula is C27H24N2O3. The Morgan fingerprint density at radius 1 is 0.938 bits per heavy atom. The number of fused-ring (bicyclic) bond motifs is 1. The van der Waals surface area contributed by atoms with Crippen LogP contribution in [0.15, 0.2) is 102 Å². The summed E-state index contributed by atoms with van der Waals surface area (Å²) in [6.07, 6.45) is 0.885. The molecule has 1 N–H and O–H groups in total. The van der Waals surface area contributed by atoms with Crippen LogP contribution in [0.2, 0.25) is 0 Å². The molecule has 0 aliphatic rings. The molecule has 1 amide bonds. The van der Waals surface area contributed by atoms with Crippen molar-refractivity contribution in [1.82, 2.24) is 5.43 Å². The monoisotopic (exact) mass is 424 g/mol. The van der Waals surface area contributed by atoms with Gasteiger partial charge in [-0.3, -0.25) is 4.79 Å². The van der Waals surface area contributed by atoms with Gasteiger partial charge in [-0.1, -0.05) is 78.9 Å². The molecule has 4 rings (SSSR count). The number of hydrogen-bond donors (Lipinski definition) is 1. The number of carbonyl (C=O) groups is 1. The molecule has 0 aromatic heterocycles. The molecule has 0 radical (unpaired) electrons. The van der Waals surface area contributed by atoms with Crippen molar-refractivity contribution in [1.29, 1.82) is 0 Å². The van der Waals surface area contributed by atoms with Gasteiger partial charge in [0.25, 0.3) is 5.91 Å². The average Bonchev–Trinajstić information content (AvgIpc) is 2.84. The highest BCUT2D eigenvalue weighted by atomic mass is 16.5. The molecule has 0 aliphatic heterocycles. The number of nitrogens with one attached hydrogen (secondary N) is 1. The minimum Gasteiger partial charge on any atom is -0.489 e. The number of hydrazone groups is 1.